The molecule has 5 heteroatoms. The number of rotatable bonds is 5. The standard InChI is InChI=1S/C13H27F3NP/c1-8-11(3,4)17-18(7,10-13(14,15)16)12(5,6)9-2/h8-10H2,1-7H3. The Kier molecular flexibility index (Phi) is 5.57. The van der Waals surface area contributed by atoms with Gasteiger partial charge in [0, 0.05) is 0 Å². The van der Waals surface area contributed by atoms with Crippen LogP contribution in [0.3, 0.4) is 0 Å². The van der Waals surface area contributed by atoms with E-state index in [1.54, 1.807) is 6.66 Å². The zero-order valence-electron chi connectivity index (χ0n) is 12.6. The third-order valence-electron chi connectivity index (χ3n) is 4.01. The number of halogens is 3. The molecule has 0 aliphatic rings. The number of hydrogen-bond donors (Lipinski definition) is 0. The monoisotopic (exact) mass is 285 g/mol. The summed E-state index contributed by atoms with van der Waals surface area (Å²) in [5.74, 6) is 0. The van der Waals surface area contributed by atoms with E-state index in [1.807, 2.05) is 41.5 Å². The zero-order chi connectivity index (χ0) is 14.8. The lowest BCUT2D eigenvalue weighted by Crippen LogP contribution is -2.29. The highest BCUT2D eigenvalue weighted by Crippen LogP contribution is 2.63. The van der Waals surface area contributed by atoms with Crippen molar-refractivity contribution in [2.45, 2.75) is 71.3 Å². The zero-order valence-corrected chi connectivity index (χ0v) is 13.5. The van der Waals surface area contributed by atoms with Crippen LogP contribution in [0.25, 0.3) is 0 Å². The maximum atomic E-state index is 12.9. The van der Waals surface area contributed by atoms with E-state index >= 15 is 0 Å². The van der Waals surface area contributed by atoms with Crippen LogP contribution in [0.2, 0.25) is 0 Å². The minimum Gasteiger partial charge on any atom is -0.297 e. The molecule has 18 heavy (non-hydrogen) atoms. The SMILES string of the molecule is CCC(C)(C)N=P(C)(CC(F)(F)F)C(C)(C)CC. The van der Waals surface area contributed by atoms with Gasteiger partial charge in [-0.1, -0.05) is 27.7 Å². The van der Waals surface area contributed by atoms with Crippen molar-refractivity contribution in [3.05, 3.63) is 0 Å². The molecular weight excluding hydrogens is 258 g/mol. The third-order valence-corrected chi connectivity index (χ3v) is 8.89. The van der Waals surface area contributed by atoms with Crippen molar-refractivity contribution in [3.8, 4) is 0 Å². The Labute approximate surface area is 110 Å². The van der Waals surface area contributed by atoms with Crippen LogP contribution in [0.4, 0.5) is 13.2 Å². The molecule has 0 rings (SSSR count). The van der Waals surface area contributed by atoms with Crippen molar-refractivity contribution in [1.82, 2.24) is 0 Å². The Morgan fingerprint density at radius 1 is 0.944 bits per heavy atom. The molecule has 0 aromatic rings. The molecule has 0 spiro atoms. The van der Waals surface area contributed by atoms with Crippen LogP contribution in [-0.2, 0) is 0 Å². The predicted molar refractivity (Wildman–Crippen MR) is 74.9 cm³/mol. The molecule has 0 N–H and O–H groups in total. The lowest BCUT2D eigenvalue weighted by molar-refractivity contribution is -0.106. The second-order valence-electron chi connectivity index (χ2n) is 6.34. The minimum absolute atomic E-state index is 0.366. The summed E-state index contributed by atoms with van der Waals surface area (Å²) in [4.78, 5) is 0. The highest BCUT2D eigenvalue weighted by molar-refractivity contribution is 7.67. The van der Waals surface area contributed by atoms with Gasteiger partial charge in [-0.3, -0.25) is 4.74 Å². The number of hydrogen-bond acceptors (Lipinski definition) is 1. The molecule has 0 heterocycles. The molecule has 0 bridgehead atoms. The molecule has 0 aliphatic carbocycles. The summed E-state index contributed by atoms with van der Waals surface area (Å²) in [6, 6.07) is 0. The lowest BCUT2D eigenvalue weighted by Gasteiger charge is -2.40. The highest BCUT2D eigenvalue weighted by Gasteiger charge is 2.43. The molecule has 0 aromatic carbocycles. The van der Waals surface area contributed by atoms with Gasteiger partial charge in [0.1, 0.15) is 0 Å². The van der Waals surface area contributed by atoms with Gasteiger partial charge in [0.2, 0.25) is 0 Å². The fourth-order valence-corrected chi connectivity index (χ4v) is 5.23. The molecule has 0 amide bonds. The summed E-state index contributed by atoms with van der Waals surface area (Å²) in [5.41, 5.74) is -0.375. The summed E-state index contributed by atoms with van der Waals surface area (Å²) in [6.45, 7) is 13.4. The molecule has 110 valence electrons. The third kappa shape index (κ3) is 4.95. The van der Waals surface area contributed by atoms with E-state index < -0.39 is 19.4 Å². The van der Waals surface area contributed by atoms with Gasteiger partial charge in [0.25, 0.3) is 0 Å². The van der Waals surface area contributed by atoms with Gasteiger partial charge in [-0.25, -0.2) is 0 Å². The summed E-state index contributed by atoms with van der Waals surface area (Å²) in [7, 11) is -2.43. The first-order valence-corrected chi connectivity index (χ1v) is 8.83. The first-order chi connectivity index (χ1) is 7.79. The van der Waals surface area contributed by atoms with Crippen molar-refractivity contribution in [2.75, 3.05) is 12.8 Å². The molecule has 0 saturated heterocycles. The molecule has 0 radical (unpaired) electrons. The van der Waals surface area contributed by atoms with Crippen LogP contribution in [0.1, 0.15) is 54.4 Å². The summed E-state index contributed by atoms with van der Waals surface area (Å²) in [6.07, 6.45) is -3.40. The van der Waals surface area contributed by atoms with Gasteiger partial charge in [0.15, 0.2) is 0 Å². The van der Waals surface area contributed by atoms with E-state index in [-0.39, 0.29) is 10.7 Å². The summed E-state index contributed by atoms with van der Waals surface area (Å²) in [5, 5.41) is -0.366. The van der Waals surface area contributed by atoms with E-state index in [0.29, 0.717) is 0 Å². The van der Waals surface area contributed by atoms with Crippen molar-refractivity contribution in [3.63, 3.8) is 0 Å². The van der Waals surface area contributed by atoms with Crippen molar-refractivity contribution < 1.29 is 13.2 Å². The molecule has 1 atom stereocenters. The van der Waals surface area contributed by atoms with E-state index in [9.17, 15) is 13.2 Å². The fraction of sp³-hybridized carbons (Fsp3) is 1.00. The molecule has 0 saturated carbocycles. The fourth-order valence-electron chi connectivity index (χ4n) is 1.74. The van der Waals surface area contributed by atoms with Gasteiger partial charge >= 0.3 is 6.18 Å². The minimum atomic E-state index is -4.14. The molecule has 0 fully saturated rings. The molecule has 1 nitrogen and oxygen atoms in total. The van der Waals surface area contributed by atoms with Gasteiger partial charge in [-0.05, 0) is 45.6 Å². The summed E-state index contributed by atoms with van der Waals surface area (Å²) < 4.78 is 43.3. The average molecular weight is 285 g/mol. The highest BCUT2D eigenvalue weighted by atomic mass is 31.2. The Morgan fingerprint density at radius 3 is 1.67 bits per heavy atom. The van der Waals surface area contributed by atoms with Crippen LogP contribution in [0.5, 0.6) is 0 Å². The van der Waals surface area contributed by atoms with Crippen molar-refractivity contribution in [2.24, 2.45) is 4.74 Å². The first kappa shape index (κ1) is 18.0. The number of nitrogens with zero attached hydrogens (tertiary/aromatic N) is 1. The molecule has 0 aliphatic heterocycles. The smallest absolute Gasteiger partial charge is 0.297 e. The Hall–Kier alpha value is 0.0200. The second kappa shape index (κ2) is 5.56. The van der Waals surface area contributed by atoms with Crippen LogP contribution in [-0.4, -0.2) is 29.7 Å². The Bertz CT molecular complexity index is 330. The van der Waals surface area contributed by atoms with Crippen molar-refractivity contribution >= 4 is 7.05 Å². The maximum absolute atomic E-state index is 12.9. The lowest BCUT2D eigenvalue weighted by atomic mass is 10.0. The maximum Gasteiger partial charge on any atom is 0.394 e. The van der Waals surface area contributed by atoms with Gasteiger partial charge in [0.05, 0.1) is 11.7 Å². The predicted octanol–water partition coefficient (Wildman–Crippen LogP) is 5.76. The van der Waals surface area contributed by atoms with E-state index in [1.165, 1.54) is 0 Å². The largest absolute Gasteiger partial charge is 0.394 e. The van der Waals surface area contributed by atoms with E-state index in [4.69, 9.17) is 0 Å². The van der Waals surface area contributed by atoms with Crippen LogP contribution in [0, 0.1) is 0 Å². The van der Waals surface area contributed by atoms with Gasteiger partial charge in [-0.15, -0.1) is 0 Å². The quantitative estimate of drug-likeness (QED) is 0.570. The summed E-state index contributed by atoms with van der Waals surface area (Å²) >= 11 is 0. The molecular formula is C13H27F3NP. The van der Waals surface area contributed by atoms with Gasteiger partial charge in [-0.2, -0.15) is 13.2 Å². The Morgan fingerprint density at radius 2 is 1.39 bits per heavy atom. The van der Waals surface area contributed by atoms with E-state index in [2.05, 4.69) is 4.74 Å². The van der Waals surface area contributed by atoms with Crippen LogP contribution in [0.15, 0.2) is 4.74 Å². The average Bonchev–Trinajstić information content (AvgIpc) is 2.13. The second-order valence-corrected chi connectivity index (χ2v) is 10.4. The molecule has 1 unspecified atom stereocenters. The molecule has 0 aromatic heterocycles. The van der Waals surface area contributed by atoms with Gasteiger partial charge < -0.3 is 0 Å². The van der Waals surface area contributed by atoms with Crippen molar-refractivity contribution in [1.29, 1.82) is 0 Å². The van der Waals surface area contributed by atoms with Crippen LogP contribution < -0.4 is 0 Å². The topological polar surface area (TPSA) is 12.4 Å². The first-order valence-electron chi connectivity index (χ1n) is 6.45. The number of alkyl halides is 3. The van der Waals surface area contributed by atoms with E-state index in [0.717, 1.165) is 12.8 Å². The normalized spacial score (nSPS) is 17.4. The van der Waals surface area contributed by atoms with Crippen LogP contribution >= 0.6 is 7.05 Å². The Balaban J connectivity index is 5.72.